The molecule has 2 aromatic carbocycles. The molecule has 0 spiro atoms. The number of aromatic amines is 1. The number of para-hydroxylation sites is 1. The highest BCUT2D eigenvalue weighted by atomic mass is 35.5. The summed E-state index contributed by atoms with van der Waals surface area (Å²) >= 11 is 0. The summed E-state index contributed by atoms with van der Waals surface area (Å²) in [4.78, 5) is 15.4. The summed E-state index contributed by atoms with van der Waals surface area (Å²) in [6, 6.07) is 17.7. The highest BCUT2D eigenvalue weighted by Crippen LogP contribution is 2.19. The average molecular weight is 272 g/mol. The molecule has 19 heavy (non-hydrogen) atoms. The van der Waals surface area contributed by atoms with Gasteiger partial charge in [-0.3, -0.25) is 4.79 Å². The maximum Gasteiger partial charge on any atom is 0.169 e. The molecule has 0 atom stereocenters. The predicted octanol–water partition coefficient (Wildman–Crippen LogP) is 4.02. The van der Waals surface area contributed by atoms with Gasteiger partial charge in [0.2, 0.25) is 0 Å². The van der Waals surface area contributed by atoms with E-state index >= 15 is 0 Å². The predicted molar refractivity (Wildman–Crippen MR) is 80.0 cm³/mol. The van der Waals surface area contributed by atoms with Crippen LogP contribution in [0.1, 0.15) is 15.9 Å². The largest absolute Gasteiger partial charge is 0.360 e. The zero-order valence-electron chi connectivity index (χ0n) is 10.3. The summed E-state index contributed by atoms with van der Waals surface area (Å²) in [5, 5.41) is 0.999. The van der Waals surface area contributed by atoms with E-state index in [1.165, 1.54) is 0 Å². The number of aromatic nitrogens is 1. The van der Waals surface area contributed by atoms with Crippen molar-refractivity contribution in [3.8, 4) is 0 Å². The Bertz CT molecular complexity index is 688. The lowest BCUT2D eigenvalue weighted by Gasteiger charge is -2.00. The molecule has 0 saturated carbocycles. The fraction of sp³-hybridized carbons (Fsp3) is 0.0625. The molecule has 2 nitrogen and oxygen atoms in total. The first kappa shape index (κ1) is 13.4. The molecular formula is C16H14ClNO. The number of benzene rings is 2. The molecule has 0 radical (unpaired) electrons. The van der Waals surface area contributed by atoms with Crippen LogP contribution < -0.4 is 0 Å². The molecule has 96 valence electrons. The molecule has 0 saturated heterocycles. The fourth-order valence-electron chi connectivity index (χ4n) is 2.18. The number of carbonyl (C=O) groups excluding carboxylic acids is 1. The molecule has 0 amide bonds. The van der Waals surface area contributed by atoms with Gasteiger partial charge in [0.1, 0.15) is 0 Å². The van der Waals surface area contributed by atoms with Crippen molar-refractivity contribution >= 4 is 29.1 Å². The van der Waals surface area contributed by atoms with Crippen LogP contribution >= 0.6 is 12.4 Å². The number of Topliss-reactive ketones (excluding diaryl/α,β-unsaturated/α-hetero) is 1. The Morgan fingerprint density at radius 1 is 0.947 bits per heavy atom. The van der Waals surface area contributed by atoms with E-state index in [1.807, 2.05) is 54.6 Å². The molecule has 0 aliphatic carbocycles. The molecule has 1 heterocycles. The molecule has 0 bridgehead atoms. The molecule has 3 aromatic rings. The van der Waals surface area contributed by atoms with Crippen LogP contribution in [-0.2, 0) is 6.42 Å². The molecule has 1 N–H and O–H groups in total. The van der Waals surface area contributed by atoms with Crippen molar-refractivity contribution in [2.45, 2.75) is 6.42 Å². The lowest BCUT2D eigenvalue weighted by atomic mass is 10.0. The number of fused-ring (bicyclic) bond motifs is 1. The summed E-state index contributed by atoms with van der Waals surface area (Å²) in [6.07, 6.45) is 2.25. The van der Waals surface area contributed by atoms with Crippen molar-refractivity contribution in [3.05, 3.63) is 71.9 Å². The Morgan fingerprint density at radius 3 is 2.42 bits per heavy atom. The number of nitrogens with one attached hydrogen (secondary N) is 1. The second kappa shape index (κ2) is 5.72. The van der Waals surface area contributed by atoms with Crippen LogP contribution in [0.4, 0.5) is 0 Å². The van der Waals surface area contributed by atoms with E-state index in [0.29, 0.717) is 6.42 Å². The first-order chi connectivity index (χ1) is 8.84. The van der Waals surface area contributed by atoms with Gasteiger partial charge in [-0.05, 0) is 11.6 Å². The van der Waals surface area contributed by atoms with Gasteiger partial charge < -0.3 is 4.98 Å². The topological polar surface area (TPSA) is 32.9 Å². The van der Waals surface area contributed by atoms with Crippen molar-refractivity contribution in [3.63, 3.8) is 0 Å². The third-order valence-corrected chi connectivity index (χ3v) is 3.10. The number of H-pyrrole nitrogens is 1. The third-order valence-electron chi connectivity index (χ3n) is 3.10. The molecule has 0 aliphatic rings. The van der Waals surface area contributed by atoms with Crippen LogP contribution in [0.15, 0.2) is 60.8 Å². The van der Waals surface area contributed by atoms with Gasteiger partial charge in [-0.2, -0.15) is 0 Å². The number of carbonyl (C=O) groups is 1. The summed E-state index contributed by atoms with van der Waals surface area (Å²) < 4.78 is 0. The minimum atomic E-state index is 0. The Morgan fingerprint density at radius 2 is 1.63 bits per heavy atom. The van der Waals surface area contributed by atoms with E-state index in [9.17, 15) is 4.79 Å². The Balaban J connectivity index is 0.00000133. The monoisotopic (exact) mass is 271 g/mol. The van der Waals surface area contributed by atoms with Gasteiger partial charge in [-0.1, -0.05) is 48.5 Å². The van der Waals surface area contributed by atoms with Gasteiger partial charge in [0.15, 0.2) is 5.78 Å². The third kappa shape index (κ3) is 2.69. The quantitative estimate of drug-likeness (QED) is 0.717. The Hall–Kier alpha value is -2.06. The minimum Gasteiger partial charge on any atom is -0.360 e. The summed E-state index contributed by atoms with van der Waals surface area (Å²) in [5.41, 5.74) is 2.83. The number of halogens is 1. The molecule has 3 rings (SSSR count). The van der Waals surface area contributed by atoms with Crippen molar-refractivity contribution in [1.82, 2.24) is 4.98 Å². The van der Waals surface area contributed by atoms with E-state index in [-0.39, 0.29) is 18.2 Å². The van der Waals surface area contributed by atoms with Crippen LogP contribution in [0.2, 0.25) is 0 Å². The van der Waals surface area contributed by atoms with Crippen LogP contribution in [0.5, 0.6) is 0 Å². The van der Waals surface area contributed by atoms with Crippen molar-refractivity contribution in [2.75, 3.05) is 0 Å². The number of rotatable bonds is 3. The molecule has 0 aliphatic heterocycles. The van der Waals surface area contributed by atoms with E-state index in [1.54, 1.807) is 6.20 Å². The second-order valence-corrected chi connectivity index (χ2v) is 4.33. The molecule has 0 unspecified atom stereocenters. The summed E-state index contributed by atoms with van der Waals surface area (Å²) in [7, 11) is 0. The SMILES string of the molecule is Cl.O=C(Cc1ccccc1)c1c[nH]c2ccccc12. The van der Waals surface area contributed by atoms with Gasteiger partial charge in [-0.15, -0.1) is 12.4 Å². The molecule has 3 heteroatoms. The Labute approximate surface area is 117 Å². The zero-order chi connectivity index (χ0) is 12.4. The van der Waals surface area contributed by atoms with Gasteiger partial charge in [0.05, 0.1) is 0 Å². The Kier molecular flexibility index (Phi) is 4.03. The zero-order valence-corrected chi connectivity index (χ0v) is 11.1. The molecule has 0 fully saturated rings. The summed E-state index contributed by atoms with van der Waals surface area (Å²) in [6.45, 7) is 0. The number of hydrogen-bond donors (Lipinski definition) is 1. The molecule has 1 aromatic heterocycles. The normalized spacial score (nSPS) is 10.1. The number of hydrogen-bond acceptors (Lipinski definition) is 1. The van der Waals surface area contributed by atoms with Crippen molar-refractivity contribution in [2.24, 2.45) is 0 Å². The van der Waals surface area contributed by atoms with Crippen LogP contribution in [0.3, 0.4) is 0 Å². The average Bonchev–Trinajstić information content (AvgIpc) is 2.84. The van der Waals surface area contributed by atoms with Gasteiger partial charge in [0, 0.05) is 29.1 Å². The van der Waals surface area contributed by atoms with E-state index in [0.717, 1.165) is 22.0 Å². The van der Waals surface area contributed by atoms with E-state index in [2.05, 4.69) is 4.98 Å². The van der Waals surface area contributed by atoms with Crippen LogP contribution in [-0.4, -0.2) is 10.8 Å². The second-order valence-electron chi connectivity index (χ2n) is 4.33. The first-order valence-electron chi connectivity index (χ1n) is 5.98. The van der Waals surface area contributed by atoms with Crippen molar-refractivity contribution < 1.29 is 4.79 Å². The first-order valence-corrected chi connectivity index (χ1v) is 5.98. The maximum atomic E-state index is 12.3. The summed E-state index contributed by atoms with van der Waals surface area (Å²) in [5.74, 6) is 0.152. The highest BCUT2D eigenvalue weighted by molar-refractivity contribution is 6.08. The number of ketones is 1. The van der Waals surface area contributed by atoms with E-state index in [4.69, 9.17) is 0 Å². The molecular weight excluding hydrogens is 258 g/mol. The minimum absolute atomic E-state index is 0. The standard InChI is InChI=1S/C16H13NO.ClH/c18-16(10-12-6-2-1-3-7-12)14-11-17-15-9-5-4-8-13(14)15;/h1-9,11,17H,10H2;1H. The highest BCUT2D eigenvalue weighted by Gasteiger charge is 2.11. The fourth-order valence-corrected chi connectivity index (χ4v) is 2.18. The van der Waals surface area contributed by atoms with Crippen LogP contribution in [0.25, 0.3) is 10.9 Å². The smallest absolute Gasteiger partial charge is 0.169 e. The maximum absolute atomic E-state index is 12.3. The van der Waals surface area contributed by atoms with Crippen LogP contribution in [0, 0.1) is 0 Å². The van der Waals surface area contributed by atoms with Gasteiger partial charge >= 0.3 is 0 Å². The van der Waals surface area contributed by atoms with Gasteiger partial charge in [-0.25, -0.2) is 0 Å². The van der Waals surface area contributed by atoms with Crippen molar-refractivity contribution in [1.29, 1.82) is 0 Å². The lowest BCUT2D eigenvalue weighted by molar-refractivity contribution is 0.0994. The van der Waals surface area contributed by atoms with E-state index < -0.39 is 0 Å². The van der Waals surface area contributed by atoms with Gasteiger partial charge in [0.25, 0.3) is 0 Å². The lowest BCUT2D eigenvalue weighted by Crippen LogP contribution is -2.02.